The first-order valence-electron chi connectivity index (χ1n) is 10.6. The lowest BCUT2D eigenvalue weighted by Crippen LogP contribution is -2.37. The van der Waals surface area contributed by atoms with Crippen molar-refractivity contribution in [1.29, 1.82) is 0 Å². The molecule has 1 fully saturated rings. The molecule has 0 spiro atoms. The third kappa shape index (κ3) is 6.09. The zero-order chi connectivity index (χ0) is 23.1. The summed E-state index contributed by atoms with van der Waals surface area (Å²) in [5.74, 6) is -1.29. The highest BCUT2D eigenvalue weighted by atomic mass is 35.5. The zero-order valence-electron chi connectivity index (χ0n) is 17.9. The van der Waals surface area contributed by atoms with Crippen LogP contribution >= 0.6 is 11.6 Å². The number of carbonyl (C=O) groups excluding carboxylic acids is 2. The Morgan fingerprint density at radius 3 is 2.47 bits per heavy atom. The molecular weight excluding hydrogens is 452 g/mol. The van der Waals surface area contributed by atoms with Crippen LogP contribution in [0.2, 0.25) is 5.02 Å². The fourth-order valence-corrected chi connectivity index (χ4v) is 5.21. The topological polar surface area (TPSA) is 92.8 Å². The van der Waals surface area contributed by atoms with Crippen LogP contribution in [-0.2, 0) is 26.0 Å². The van der Waals surface area contributed by atoms with E-state index in [0.717, 1.165) is 24.8 Å². The van der Waals surface area contributed by atoms with Crippen molar-refractivity contribution in [2.45, 2.75) is 43.6 Å². The van der Waals surface area contributed by atoms with Gasteiger partial charge in [0.15, 0.2) is 6.10 Å². The van der Waals surface area contributed by atoms with E-state index in [1.54, 1.807) is 0 Å². The molecule has 1 unspecified atom stereocenters. The Balaban J connectivity index is 1.62. The number of piperidine rings is 1. The highest BCUT2D eigenvalue weighted by molar-refractivity contribution is 7.89. The molecular formula is C23H27ClN2O5S. The van der Waals surface area contributed by atoms with Crippen molar-refractivity contribution < 1.29 is 22.7 Å². The van der Waals surface area contributed by atoms with Crippen molar-refractivity contribution in [2.24, 2.45) is 0 Å². The predicted octanol–water partition coefficient (Wildman–Crippen LogP) is 3.42. The maximum Gasteiger partial charge on any atom is 0.340 e. The smallest absolute Gasteiger partial charge is 0.340 e. The van der Waals surface area contributed by atoms with Gasteiger partial charge in [-0.15, -0.1) is 0 Å². The normalized spacial score (nSPS) is 15.7. The summed E-state index contributed by atoms with van der Waals surface area (Å²) in [5.41, 5.74) is 0.990. The van der Waals surface area contributed by atoms with E-state index >= 15 is 0 Å². The summed E-state index contributed by atoms with van der Waals surface area (Å²) in [5, 5.41) is 2.79. The fraction of sp³-hybridized carbons (Fsp3) is 0.391. The standard InChI is InChI=1S/C23H27ClN2O5S/c1-17(22(27)25-13-12-18-8-4-2-5-9-18)31-23(28)20-16-19(10-11-21(20)24)32(29,30)26-14-6-3-7-15-26/h2,4-5,8-11,16-17H,3,6-7,12-15H2,1H3,(H,25,27). The molecule has 1 aliphatic heterocycles. The van der Waals surface area contributed by atoms with Crippen molar-refractivity contribution in [2.75, 3.05) is 19.6 Å². The maximum absolute atomic E-state index is 12.9. The van der Waals surface area contributed by atoms with Crippen LogP contribution in [0.5, 0.6) is 0 Å². The molecule has 1 heterocycles. The minimum Gasteiger partial charge on any atom is -0.449 e. The summed E-state index contributed by atoms with van der Waals surface area (Å²) in [6.45, 7) is 2.75. The van der Waals surface area contributed by atoms with Gasteiger partial charge in [-0.3, -0.25) is 4.79 Å². The molecule has 32 heavy (non-hydrogen) atoms. The van der Waals surface area contributed by atoms with E-state index in [0.29, 0.717) is 26.1 Å². The summed E-state index contributed by atoms with van der Waals surface area (Å²) < 4.78 is 32.5. The van der Waals surface area contributed by atoms with Gasteiger partial charge in [0.05, 0.1) is 15.5 Å². The van der Waals surface area contributed by atoms with E-state index in [1.165, 1.54) is 29.4 Å². The Bertz CT molecular complexity index is 1050. The molecule has 1 amide bonds. The molecule has 0 radical (unpaired) electrons. The van der Waals surface area contributed by atoms with Crippen molar-refractivity contribution in [3.8, 4) is 0 Å². The van der Waals surface area contributed by atoms with Gasteiger partial charge in [0.2, 0.25) is 10.0 Å². The lowest BCUT2D eigenvalue weighted by atomic mass is 10.1. The minimum absolute atomic E-state index is 0.0179. The maximum atomic E-state index is 12.9. The van der Waals surface area contributed by atoms with Crippen LogP contribution in [0.25, 0.3) is 0 Å². The van der Waals surface area contributed by atoms with E-state index < -0.39 is 28.0 Å². The van der Waals surface area contributed by atoms with Gasteiger partial charge in [-0.1, -0.05) is 48.4 Å². The molecule has 0 aromatic heterocycles. The van der Waals surface area contributed by atoms with Gasteiger partial charge < -0.3 is 10.1 Å². The number of benzene rings is 2. The van der Waals surface area contributed by atoms with Gasteiger partial charge in [-0.2, -0.15) is 4.31 Å². The highest BCUT2D eigenvalue weighted by Gasteiger charge is 2.28. The Morgan fingerprint density at radius 1 is 1.09 bits per heavy atom. The molecule has 1 N–H and O–H groups in total. The first kappa shape index (κ1) is 24.2. The van der Waals surface area contributed by atoms with E-state index in [1.807, 2.05) is 30.3 Å². The molecule has 2 aromatic carbocycles. The van der Waals surface area contributed by atoms with Crippen molar-refractivity contribution >= 4 is 33.5 Å². The van der Waals surface area contributed by atoms with Crippen LogP contribution < -0.4 is 5.32 Å². The van der Waals surface area contributed by atoms with E-state index in [2.05, 4.69) is 5.32 Å². The summed E-state index contributed by atoms with van der Waals surface area (Å²) >= 11 is 6.13. The second-order valence-corrected chi connectivity index (χ2v) is 10.0. The number of carbonyl (C=O) groups is 2. The summed E-state index contributed by atoms with van der Waals surface area (Å²) in [4.78, 5) is 24.9. The average molecular weight is 479 g/mol. The van der Waals surface area contributed by atoms with Gasteiger partial charge in [0.25, 0.3) is 5.91 Å². The molecule has 3 rings (SSSR count). The van der Waals surface area contributed by atoms with Crippen LogP contribution in [0.4, 0.5) is 0 Å². The quantitative estimate of drug-likeness (QED) is 0.587. The van der Waals surface area contributed by atoms with Crippen LogP contribution in [0.15, 0.2) is 53.4 Å². The number of esters is 1. The van der Waals surface area contributed by atoms with Crippen LogP contribution in [-0.4, -0.2) is 50.3 Å². The number of rotatable bonds is 8. The summed E-state index contributed by atoms with van der Waals surface area (Å²) in [6, 6.07) is 13.6. The van der Waals surface area contributed by atoms with Crippen LogP contribution in [0, 0.1) is 0 Å². The lowest BCUT2D eigenvalue weighted by Gasteiger charge is -2.26. The first-order valence-corrected chi connectivity index (χ1v) is 12.4. The lowest BCUT2D eigenvalue weighted by molar-refractivity contribution is -0.129. The average Bonchev–Trinajstić information content (AvgIpc) is 2.80. The number of nitrogens with zero attached hydrogens (tertiary/aromatic N) is 1. The molecule has 1 atom stereocenters. The second kappa shape index (κ2) is 10.9. The second-order valence-electron chi connectivity index (χ2n) is 7.68. The molecule has 7 nitrogen and oxygen atoms in total. The van der Waals surface area contributed by atoms with Crippen molar-refractivity contribution in [1.82, 2.24) is 9.62 Å². The minimum atomic E-state index is -3.73. The number of hydrogen-bond donors (Lipinski definition) is 1. The van der Waals surface area contributed by atoms with Gasteiger partial charge in [-0.05, 0) is 49.9 Å². The number of amides is 1. The Morgan fingerprint density at radius 2 is 1.78 bits per heavy atom. The predicted molar refractivity (Wildman–Crippen MR) is 122 cm³/mol. The number of ether oxygens (including phenoxy) is 1. The third-order valence-corrected chi connectivity index (χ3v) is 7.54. The molecule has 0 bridgehead atoms. The number of hydrogen-bond acceptors (Lipinski definition) is 5. The molecule has 172 valence electrons. The number of nitrogens with one attached hydrogen (secondary N) is 1. The Hall–Kier alpha value is -2.42. The molecule has 0 saturated carbocycles. The highest BCUT2D eigenvalue weighted by Crippen LogP contribution is 2.26. The SMILES string of the molecule is CC(OC(=O)c1cc(S(=O)(=O)N2CCCCC2)ccc1Cl)C(=O)NCCc1ccccc1. The number of sulfonamides is 1. The third-order valence-electron chi connectivity index (χ3n) is 5.32. The van der Waals surface area contributed by atoms with Crippen LogP contribution in [0.1, 0.15) is 42.1 Å². The van der Waals surface area contributed by atoms with E-state index in [4.69, 9.17) is 16.3 Å². The van der Waals surface area contributed by atoms with Gasteiger partial charge in [0, 0.05) is 19.6 Å². The number of halogens is 1. The fourth-order valence-electron chi connectivity index (χ4n) is 3.47. The van der Waals surface area contributed by atoms with Gasteiger partial charge in [-0.25, -0.2) is 13.2 Å². The summed E-state index contributed by atoms with van der Waals surface area (Å²) in [6.07, 6.45) is 2.19. The summed E-state index contributed by atoms with van der Waals surface area (Å²) in [7, 11) is -3.73. The molecule has 1 aliphatic rings. The van der Waals surface area contributed by atoms with Gasteiger partial charge >= 0.3 is 5.97 Å². The zero-order valence-corrected chi connectivity index (χ0v) is 19.5. The molecule has 9 heteroatoms. The molecule has 2 aromatic rings. The first-order chi connectivity index (χ1) is 15.3. The van der Waals surface area contributed by atoms with Crippen molar-refractivity contribution in [3.63, 3.8) is 0 Å². The Kier molecular flexibility index (Phi) is 8.28. The molecule has 1 saturated heterocycles. The Labute approximate surface area is 193 Å². The van der Waals surface area contributed by atoms with E-state index in [-0.39, 0.29) is 15.5 Å². The van der Waals surface area contributed by atoms with Crippen LogP contribution in [0.3, 0.4) is 0 Å². The van der Waals surface area contributed by atoms with Gasteiger partial charge in [0.1, 0.15) is 0 Å². The molecule has 0 aliphatic carbocycles. The largest absolute Gasteiger partial charge is 0.449 e. The van der Waals surface area contributed by atoms with E-state index in [9.17, 15) is 18.0 Å². The van der Waals surface area contributed by atoms with Crippen molar-refractivity contribution in [3.05, 3.63) is 64.7 Å². The monoisotopic (exact) mass is 478 g/mol.